The van der Waals surface area contributed by atoms with E-state index in [1.807, 2.05) is 6.08 Å². The van der Waals surface area contributed by atoms with Crippen molar-refractivity contribution < 1.29 is 13.6 Å². The quantitative estimate of drug-likeness (QED) is 0.232. The van der Waals surface area contributed by atoms with Gasteiger partial charge in [-0.3, -0.25) is 0 Å². The highest BCUT2D eigenvalue weighted by Crippen LogP contribution is 2.40. The van der Waals surface area contributed by atoms with E-state index in [1.54, 1.807) is 0 Å². The van der Waals surface area contributed by atoms with Crippen molar-refractivity contribution in [2.45, 2.75) is 77.1 Å². The fourth-order valence-corrected chi connectivity index (χ4v) is 10.7. The average Bonchev–Trinajstić information content (AvgIpc) is 3.54. The molecular weight excluding hydrogens is 440 g/mol. The molecule has 0 saturated carbocycles. The number of epoxide rings is 1. The number of hydrogen-bond acceptors (Lipinski definition) is 3. The van der Waals surface area contributed by atoms with Gasteiger partial charge in [0.2, 0.25) is 0 Å². The van der Waals surface area contributed by atoms with Crippen molar-refractivity contribution in [2.75, 3.05) is 6.61 Å². The molecular formula is C28H42O3Si2. The Balaban J connectivity index is 1.83. The van der Waals surface area contributed by atoms with Crippen LogP contribution in [-0.2, 0) is 13.6 Å². The highest BCUT2D eigenvalue weighted by Gasteiger charge is 2.53. The molecule has 5 heteroatoms. The van der Waals surface area contributed by atoms with E-state index in [2.05, 4.69) is 115 Å². The minimum atomic E-state index is -2.53. The van der Waals surface area contributed by atoms with Gasteiger partial charge >= 0.3 is 0 Å². The molecule has 1 saturated heterocycles. The summed E-state index contributed by atoms with van der Waals surface area (Å²) in [5, 5.41) is 2.61. The molecule has 0 unspecified atom stereocenters. The van der Waals surface area contributed by atoms with Crippen LogP contribution in [-0.4, -0.2) is 41.6 Å². The van der Waals surface area contributed by atoms with Gasteiger partial charge in [-0.1, -0.05) is 94.4 Å². The third kappa shape index (κ3) is 6.14. The molecule has 33 heavy (non-hydrogen) atoms. The lowest BCUT2D eigenvalue weighted by Crippen LogP contribution is -2.67. The Morgan fingerprint density at radius 2 is 1.45 bits per heavy atom. The standard InChI is InChI=1S/C28H42O3Si2/c1-9-16-25(31-32(6,7)8)27-26(30-27)22(2)21-29-33(28(3,4)5,23-17-12-10-13-18-23)24-19-14-11-15-20-24/h9-15,17-20,22,25-27H,1,16,21H2,2-8H3/t22-,25+,26+,27+/m0/s1. The Labute approximate surface area is 203 Å². The Kier molecular flexibility index (Phi) is 8.23. The van der Waals surface area contributed by atoms with Crippen molar-refractivity contribution in [3.05, 3.63) is 73.3 Å². The molecule has 0 spiro atoms. The van der Waals surface area contributed by atoms with Gasteiger partial charge in [0.15, 0.2) is 8.32 Å². The van der Waals surface area contributed by atoms with Gasteiger partial charge in [-0.05, 0) is 41.5 Å². The molecule has 0 aromatic heterocycles. The second-order valence-corrected chi connectivity index (χ2v) is 20.1. The monoisotopic (exact) mass is 482 g/mol. The summed E-state index contributed by atoms with van der Waals surface area (Å²) in [6.07, 6.45) is 3.17. The third-order valence-corrected chi connectivity index (χ3v) is 12.4. The minimum absolute atomic E-state index is 0.0223. The van der Waals surface area contributed by atoms with Gasteiger partial charge in [-0.2, -0.15) is 0 Å². The van der Waals surface area contributed by atoms with Crippen molar-refractivity contribution in [3.8, 4) is 0 Å². The maximum atomic E-state index is 7.12. The van der Waals surface area contributed by atoms with Crippen molar-refractivity contribution >= 4 is 27.0 Å². The van der Waals surface area contributed by atoms with Crippen LogP contribution in [0.4, 0.5) is 0 Å². The molecule has 0 N–H and O–H groups in total. The van der Waals surface area contributed by atoms with E-state index >= 15 is 0 Å². The topological polar surface area (TPSA) is 31.0 Å². The molecule has 2 aromatic rings. The number of benzene rings is 2. The van der Waals surface area contributed by atoms with Crippen molar-refractivity contribution in [3.63, 3.8) is 0 Å². The molecule has 3 rings (SSSR count). The zero-order chi connectivity index (χ0) is 24.3. The van der Waals surface area contributed by atoms with Gasteiger partial charge in [0.05, 0.1) is 12.2 Å². The second-order valence-electron chi connectivity index (χ2n) is 11.3. The van der Waals surface area contributed by atoms with Gasteiger partial charge in [0, 0.05) is 12.5 Å². The van der Waals surface area contributed by atoms with Gasteiger partial charge in [-0.25, -0.2) is 0 Å². The SMILES string of the molecule is C=CC[C@@H](O[Si](C)(C)C)[C@H]1O[C@@H]1[C@@H](C)CO[Si](c1ccccc1)(c1ccccc1)C(C)(C)C. The lowest BCUT2D eigenvalue weighted by molar-refractivity contribution is 0.154. The molecule has 1 fully saturated rings. The van der Waals surface area contributed by atoms with Crippen LogP contribution in [0.25, 0.3) is 0 Å². The summed E-state index contributed by atoms with van der Waals surface area (Å²) in [6.45, 7) is 20.5. The van der Waals surface area contributed by atoms with E-state index in [1.165, 1.54) is 10.4 Å². The summed E-state index contributed by atoms with van der Waals surface area (Å²) in [7, 11) is -4.19. The number of ether oxygens (including phenoxy) is 1. The predicted octanol–water partition coefficient (Wildman–Crippen LogP) is 5.76. The zero-order valence-electron chi connectivity index (χ0n) is 21.5. The average molecular weight is 483 g/mol. The van der Waals surface area contributed by atoms with Crippen LogP contribution in [0.5, 0.6) is 0 Å². The minimum Gasteiger partial charge on any atom is -0.412 e. The smallest absolute Gasteiger partial charge is 0.261 e. The summed E-state index contributed by atoms with van der Waals surface area (Å²) in [5.74, 6) is 0.286. The Morgan fingerprint density at radius 1 is 0.939 bits per heavy atom. The molecule has 1 heterocycles. The first-order chi connectivity index (χ1) is 15.5. The van der Waals surface area contributed by atoms with Gasteiger partial charge < -0.3 is 13.6 Å². The Bertz CT molecular complexity index is 847. The van der Waals surface area contributed by atoms with Crippen LogP contribution in [0, 0.1) is 5.92 Å². The number of hydrogen-bond donors (Lipinski definition) is 0. The first-order valence-corrected chi connectivity index (χ1v) is 17.5. The summed E-state index contributed by atoms with van der Waals surface area (Å²) >= 11 is 0. The molecule has 3 nitrogen and oxygen atoms in total. The molecule has 4 atom stereocenters. The molecule has 180 valence electrons. The van der Waals surface area contributed by atoms with E-state index < -0.39 is 16.6 Å². The Morgan fingerprint density at radius 3 is 1.88 bits per heavy atom. The molecule has 1 aliphatic rings. The van der Waals surface area contributed by atoms with Gasteiger partial charge in [0.25, 0.3) is 8.32 Å². The van der Waals surface area contributed by atoms with E-state index in [-0.39, 0.29) is 29.3 Å². The molecule has 0 aliphatic carbocycles. The highest BCUT2D eigenvalue weighted by atomic mass is 28.4. The van der Waals surface area contributed by atoms with Crippen molar-refractivity contribution in [1.82, 2.24) is 0 Å². The fourth-order valence-electron chi connectivity index (χ4n) is 4.87. The lowest BCUT2D eigenvalue weighted by atomic mass is 10.0. The first-order valence-electron chi connectivity index (χ1n) is 12.2. The number of rotatable bonds is 11. The second kappa shape index (κ2) is 10.4. The summed E-state index contributed by atoms with van der Waals surface area (Å²) in [4.78, 5) is 0. The van der Waals surface area contributed by atoms with Crippen molar-refractivity contribution in [1.29, 1.82) is 0 Å². The van der Waals surface area contributed by atoms with Crippen LogP contribution >= 0.6 is 0 Å². The van der Waals surface area contributed by atoms with E-state index in [0.29, 0.717) is 6.61 Å². The van der Waals surface area contributed by atoms with Crippen molar-refractivity contribution in [2.24, 2.45) is 5.92 Å². The molecule has 0 radical (unpaired) electrons. The maximum absolute atomic E-state index is 7.12. The van der Waals surface area contributed by atoms with Gasteiger partial charge in [0.1, 0.15) is 6.10 Å². The predicted molar refractivity (Wildman–Crippen MR) is 144 cm³/mol. The van der Waals surface area contributed by atoms with Crippen LogP contribution in [0.1, 0.15) is 34.1 Å². The molecule has 2 aromatic carbocycles. The first kappa shape index (κ1) is 26.1. The normalized spacial score (nSPS) is 20.8. The fraction of sp³-hybridized carbons (Fsp3) is 0.500. The van der Waals surface area contributed by atoms with Gasteiger partial charge in [-0.15, -0.1) is 6.58 Å². The van der Waals surface area contributed by atoms with Crippen LogP contribution in [0.15, 0.2) is 73.3 Å². The maximum Gasteiger partial charge on any atom is 0.261 e. The highest BCUT2D eigenvalue weighted by molar-refractivity contribution is 6.99. The Hall–Kier alpha value is -1.51. The van der Waals surface area contributed by atoms with E-state index in [0.717, 1.165) is 6.42 Å². The van der Waals surface area contributed by atoms with E-state index in [9.17, 15) is 0 Å². The van der Waals surface area contributed by atoms with E-state index in [4.69, 9.17) is 13.6 Å². The summed E-state index contributed by atoms with van der Waals surface area (Å²) in [6, 6.07) is 21.7. The molecule has 0 amide bonds. The van der Waals surface area contributed by atoms with Crippen LogP contribution in [0.3, 0.4) is 0 Å². The van der Waals surface area contributed by atoms with Crippen LogP contribution in [0.2, 0.25) is 24.7 Å². The zero-order valence-corrected chi connectivity index (χ0v) is 23.5. The molecule has 1 aliphatic heterocycles. The largest absolute Gasteiger partial charge is 0.412 e. The summed E-state index contributed by atoms with van der Waals surface area (Å²) < 4.78 is 19.7. The molecule has 0 bridgehead atoms. The lowest BCUT2D eigenvalue weighted by Gasteiger charge is -2.43. The third-order valence-electron chi connectivity index (χ3n) is 6.37. The summed E-state index contributed by atoms with van der Waals surface area (Å²) in [5.41, 5.74) is 0. The van der Waals surface area contributed by atoms with Crippen LogP contribution < -0.4 is 10.4 Å².